The van der Waals surface area contributed by atoms with Crippen LogP contribution in [0.2, 0.25) is 0 Å². The first-order valence-corrected chi connectivity index (χ1v) is 15.8. The number of imidazole rings is 2. The first kappa shape index (κ1) is 30.0. The average molecular weight is 565 g/mol. The predicted molar refractivity (Wildman–Crippen MR) is 149 cm³/mol. The summed E-state index contributed by atoms with van der Waals surface area (Å²) in [7, 11) is -2.09. The normalized spacial score (nSPS) is 14.3. The van der Waals surface area contributed by atoms with E-state index in [0.29, 0.717) is 64.9 Å². The van der Waals surface area contributed by atoms with Crippen LogP contribution in [0, 0.1) is 9.54 Å². The van der Waals surface area contributed by atoms with Gasteiger partial charge in [0, 0.05) is 68.8 Å². The second kappa shape index (κ2) is 12.3. The third kappa shape index (κ3) is 7.39. The Morgan fingerprint density at radius 1 is 0.743 bits per heavy atom. The molecule has 2 heterocycles. The van der Waals surface area contributed by atoms with Gasteiger partial charge in [-0.25, -0.2) is 0 Å². The summed E-state index contributed by atoms with van der Waals surface area (Å²) in [4.78, 5) is 0. The molecule has 2 atom stereocenters. The first-order valence-electron chi connectivity index (χ1n) is 12.0. The highest BCUT2D eigenvalue weighted by molar-refractivity contribution is 7.85. The van der Waals surface area contributed by atoms with E-state index in [4.69, 9.17) is 24.4 Å². The predicted octanol–water partition coefficient (Wildman–Crippen LogP) is 4.64. The van der Waals surface area contributed by atoms with Gasteiger partial charge in [0.25, 0.3) is 0 Å². The maximum Gasteiger partial charge on any atom is 0.210 e. The first-order chi connectivity index (χ1) is 16.2. The van der Waals surface area contributed by atoms with Crippen LogP contribution in [0.4, 0.5) is 0 Å². The van der Waals surface area contributed by atoms with Gasteiger partial charge >= 0.3 is 0 Å². The molecule has 0 saturated carbocycles. The summed E-state index contributed by atoms with van der Waals surface area (Å²) in [5.74, 6) is 2.18. The van der Waals surface area contributed by atoms with Crippen molar-refractivity contribution < 1.29 is 18.6 Å². The lowest BCUT2D eigenvalue weighted by atomic mass is 10.0. The number of aromatic nitrogens is 4. The zero-order chi connectivity index (χ0) is 26.6. The molecule has 0 aliphatic rings. The molecule has 2 aromatic heterocycles. The van der Waals surface area contributed by atoms with Gasteiger partial charge in [-0.15, -0.1) is 0 Å². The fourth-order valence-corrected chi connectivity index (χ4v) is 8.11. The molecule has 0 amide bonds. The third-order valence-corrected chi connectivity index (χ3v) is 10.0. The molecule has 200 valence electrons. The van der Waals surface area contributed by atoms with Crippen LogP contribution in [0.25, 0.3) is 0 Å². The lowest BCUT2D eigenvalue weighted by molar-refractivity contribution is 0.290. The van der Waals surface area contributed by atoms with Crippen molar-refractivity contribution in [2.24, 2.45) is 0 Å². The van der Waals surface area contributed by atoms with Crippen molar-refractivity contribution in [3.63, 3.8) is 0 Å². The molecule has 8 nitrogen and oxygen atoms in total. The standard InChI is InChI=1S/C23H40N4O4S4/c1-7-24-16-18(28)26(20(24)32)22(3,4)10-14-34(30)12-9-13-35(31)15-11-23(5,6)27-19(29)17-25(8-2)21(27)33/h16-17,28-29H,7-15H2,1-6H3. The Kier molecular flexibility index (Phi) is 10.6. The zero-order valence-corrected chi connectivity index (χ0v) is 24.9. The van der Waals surface area contributed by atoms with Crippen molar-refractivity contribution in [2.45, 2.75) is 85.0 Å². The third-order valence-electron chi connectivity index (χ3n) is 6.39. The Morgan fingerprint density at radius 3 is 1.37 bits per heavy atom. The number of hydrogen-bond acceptors (Lipinski definition) is 6. The van der Waals surface area contributed by atoms with Crippen LogP contribution >= 0.6 is 24.4 Å². The summed E-state index contributed by atoms with van der Waals surface area (Å²) in [5.41, 5.74) is -0.926. The number of aryl methyl sites for hydroxylation is 2. The molecule has 0 aliphatic carbocycles. The van der Waals surface area contributed by atoms with E-state index < -0.39 is 32.7 Å². The van der Waals surface area contributed by atoms with Crippen LogP contribution < -0.4 is 0 Å². The van der Waals surface area contributed by atoms with E-state index in [1.165, 1.54) is 0 Å². The summed E-state index contributed by atoms with van der Waals surface area (Å²) in [6, 6.07) is 0. The van der Waals surface area contributed by atoms with Crippen molar-refractivity contribution >= 4 is 46.0 Å². The van der Waals surface area contributed by atoms with E-state index in [1.807, 2.05) is 50.7 Å². The number of rotatable bonds is 14. The van der Waals surface area contributed by atoms with Crippen LogP contribution in [-0.2, 0) is 45.8 Å². The van der Waals surface area contributed by atoms with Crippen LogP contribution in [0.5, 0.6) is 11.8 Å². The molecule has 0 aromatic carbocycles. The van der Waals surface area contributed by atoms with E-state index >= 15 is 0 Å². The Morgan fingerprint density at radius 2 is 1.09 bits per heavy atom. The Hall–Kier alpha value is -1.24. The van der Waals surface area contributed by atoms with Crippen LogP contribution in [0.1, 0.15) is 60.8 Å². The molecule has 0 radical (unpaired) electrons. The molecule has 0 saturated heterocycles. The molecule has 35 heavy (non-hydrogen) atoms. The van der Waals surface area contributed by atoms with Crippen LogP contribution in [0.3, 0.4) is 0 Å². The molecule has 2 rings (SSSR count). The number of nitrogens with zero attached hydrogens (tertiary/aromatic N) is 4. The molecule has 0 aliphatic heterocycles. The van der Waals surface area contributed by atoms with Gasteiger partial charge in [-0.1, -0.05) is 0 Å². The van der Waals surface area contributed by atoms with Gasteiger partial charge in [0.15, 0.2) is 9.54 Å². The summed E-state index contributed by atoms with van der Waals surface area (Å²) < 4.78 is 33.4. The van der Waals surface area contributed by atoms with E-state index in [1.54, 1.807) is 21.5 Å². The van der Waals surface area contributed by atoms with Gasteiger partial charge in [-0.3, -0.25) is 17.6 Å². The highest BCUT2D eigenvalue weighted by Gasteiger charge is 2.27. The van der Waals surface area contributed by atoms with E-state index in [0.717, 1.165) is 0 Å². The van der Waals surface area contributed by atoms with Gasteiger partial charge in [0.05, 0.1) is 12.4 Å². The molecule has 2 unspecified atom stereocenters. The fraction of sp³-hybridized carbons (Fsp3) is 0.739. The molecular formula is C23H40N4O4S4. The second-order valence-corrected chi connectivity index (χ2v) is 14.1. The van der Waals surface area contributed by atoms with Gasteiger partial charge in [-0.05, 0) is 85.2 Å². The van der Waals surface area contributed by atoms with Gasteiger partial charge < -0.3 is 19.3 Å². The zero-order valence-electron chi connectivity index (χ0n) is 21.7. The van der Waals surface area contributed by atoms with Gasteiger partial charge in [0.1, 0.15) is 0 Å². The molecule has 12 heteroatoms. The Labute approximate surface area is 223 Å². The summed E-state index contributed by atoms with van der Waals surface area (Å²) >= 11 is 11.0. The largest absolute Gasteiger partial charge is 0.493 e. The molecule has 2 N–H and O–H groups in total. The maximum atomic E-state index is 12.6. The van der Waals surface area contributed by atoms with Crippen molar-refractivity contribution in [3.05, 3.63) is 21.9 Å². The van der Waals surface area contributed by atoms with Gasteiger partial charge in [0.2, 0.25) is 11.8 Å². The fourth-order valence-electron chi connectivity index (χ4n) is 4.08. The highest BCUT2D eigenvalue weighted by atomic mass is 32.2. The van der Waals surface area contributed by atoms with Crippen LogP contribution in [0.15, 0.2) is 12.4 Å². The van der Waals surface area contributed by atoms with E-state index in [9.17, 15) is 18.6 Å². The molecule has 0 bridgehead atoms. The monoisotopic (exact) mass is 564 g/mol. The minimum Gasteiger partial charge on any atom is -0.493 e. The smallest absolute Gasteiger partial charge is 0.210 e. The topological polar surface area (TPSA) is 94.3 Å². The Bertz CT molecular complexity index is 1080. The van der Waals surface area contributed by atoms with E-state index in [2.05, 4.69) is 0 Å². The average Bonchev–Trinajstić information content (AvgIpc) is 3.24. The SMILES string of the molecule is CCn1cc(O)n(C(C)(C)CCS(=O)CCCS(=O)CCC(C)(C)n2c(O)cn(CC)c2=S)c1=S. The minimum absolute atomic E-state index is 0.117. The quantitative estimate of drug-likeness (QED) is 0.325. The lowest BCUT2D eigenvalue weighted by Crippen LogP contribution is -2.29. The summed E-state index contributed by atoms with van der Waals surface area (Å²) in [6.07, 6.45) is 5.09. The number of hydrogen-bond donors (Lipinski definition) is 2. The Balaban J connectivity index is 1.82. The highest BCUT2D eigenvalue weighted by Crippen LogP contribution is 2.29. The maximum absolute atomic E-state index is 12.6. The number of aromatic hydroxyl groups is 2. The minimum atomic E-state index is -1.04. The molecule has 0 spiro atoms. The van der Waals surface area contributed by atoms with E-state index in [-0.39, 0.29) is 11.8 Å². The van der Waals surface area contributed by atoms with Crippen molar-refractivity contribution in [3.8, 4) is 11.8 Å². The van der Waals surface area contributed by atoms with Crippen molar-refractivity contribution in [1.29, 1.82) is 0 Å². The summed E-state index contributed by atoms with van der Waals surface area (Å²) in [5, 5.41) is 20.6. The summed E-state index contributed by atoms with van der Waals surface area (Å²) in [6.45, 7) is 13.2. The van der Waals surface area contributed by atoms with Crippen molar-refractivity contribution in [2.75, 3.05) is 23.0 Å². The second-order valence-electron chi connectivity index (χ2n) is 9.96. The lowest BCUT2D eigenvalue weighted by Gasteiger charge is -2.27. The molecule has 2 aromatic rings. The molecule has 0 fully saturated rings. The van der Waals surface area contributed by atoms with Gasteiger partial charge in [-0.2, -0.15) is 0 Å². The van der Waals surface area contributed by atoms with Crippen LogP contribution in [-0.4, -0.2) is 59.9 Å². The molecular weight excluding hydrogens is 525 g/mol. The van der Waals surface area contributed by atoms with Crippen molar-refractivity contribution in [1.82, 2.24) is 18.3 Å².